The first kappa shape index (κ1) is 24.7. The molecule has 4 saturated carbocycles. The molecule has 0 aliphatic heterocycles. The minimum atomic E-state index is -4.48. The van der Waals surface area contributed by atoms with Crippen molar-refractivity contribution in [2.24, 2.45) is 17.8 Å². The maximum Gasteiger partial charge on any atom is 0.416 e. The van der Waals surface area contributed by atoms with Crippen LogP contribution >= 0.6 is 0 Å². The van der Waals surface area contributed by atoms with Gasteiger partial charge >= 0.3 is 12.1 Å². The maximum atomic E-state index is 13.2. The van der Waals surface area contributed by atoms with Crippen LogP contribution in [0.25, 0.3) is 5.57 Å². The van der Waals surface area contributed by atoms with Gasteiger partial charge in [0.05, 0.1) is 5.56 Å². The van der Waals surface area contributed by atoms with E-state index in [0.29, 0.717) is 29.7 Å². The van der Waals surface area contributed by atoms with Crippen molar-refractivity contribution in [2.45, 2.75) is 63.0 Å². The number of phenols is 1. The fourth-order valence-electron chi connectivity index (χ4n) is 7.33. The van der Waals surface area contributed by atoms with Crippen LogP contribution in [0.5, 0.6) is 5.75 Å². The van der Waals surface area contributed by atoms with E-state index in [0.717, 1.165) is 47.1 Å². The molecule has 6 heteroatoms. The number of aromatic hydroxyl groups is 1. The summed E-state index contributed by atoms with van der Waals surface area (Å²) in [6.45, 7) is 0. The first-order valence-corrected chi connectivity index (χ1v) is 12.7. The van der Waals surface area contributed by atoms with Crippen LogP contribution in [0.4, 0.5) is 13.2 Å². The molecule has 4 aliphatic rings. The summed E-state index contributed by atoms with van der Waals surface area (Å²) in [5, 5.41) is 20.0. The maximum absolute atomic E-state index is 13.2. The minimum Gasteiger partial charge on any atom is -0.508 e. The molecule has 6 rings (SSSR count). The van der Waals surface area contributed by atoms with Gasteiger partial charge < -0.3 is 10.2 Å². The third-order valence-corrected chi connectivity index (χ3v) is 8.40. The number of hydrogen-bond acceptors (Lipinski definition) is 2. The van der Waals surface area contributed by atoms with Crippen LogP contribution in [0.2, 0.25) is 0 Å². The Morgan fingerprint density at radius 1 is 0.972 bits per heavy atom. The number of hydrogen-bond donors (Lipinski definition) is 2. The van der Waals surface area contributed by atoms with E-state index in [2.05, 4.69) is 12.1 Å². The molecule has 0 unspecified atom stereocenters. The van der Waals surface area contributed by atoms with Gasteiger partial charge in [0.15, 0.2) is 0 Å². The molecule has 4 fully saturated rings. The molecule has 190 valence electrons. The average Bonchev–Trinajstić information content (AvgIpc) is 2.79. The van der Waals surface area contributed by atoms with Crippen LogP contribution in [-0.2, 0) is 22.8 Å². The summed E-state index contributed by atoms with van der Waals surface area (Å²) in [4.78, 5) is 11.0. The second-order valence-electron chi connectivity index (χ2n) is 11.0. The fraction of sp³-hybridized carbons (Fsp3) is 0.433. The predicted octanol–water partition coefficient (Wildman–Crippen LogP) is 7.54. The molecule has 0 atom stereocenters. The number of carbonyl (C=O) groups is 1. The normalized spacial score (nSPS) is 27.6. The molecule has 0 amide bonds. The van der Waals surface area contributed by atoms with Gasteiger partial charge in [-0.2, -0.15) is 13.2 Å². The quantitative estimate of drug-likeness (QED) is 0.308. The number of halogens is 3. The van der Waals surface area contributed by atoms with Gasteiger partial charge in [0.2, 0.25) is 0 Å². The predicted molar refractivity (Wildman–Crippen MR) is 132 cm³/mol. The van der Waals surface area contributed by atoms with Gasteiger partial charge in [-0.05, 0) is 116 Å². The third-order valence-electron chi connectivity index (χ3n) is 8.40. The molecular weight excluding hydrogens is 465 g/mol. The number of phenolic OH excluding ortho intramolecular Hbond substituents is 1. The van der Waals surface area contributed by atoms with Gasteiger partial charge in [0.1, 0.15) is 5.75 Å². The van der Waals surface area contributed by atoms with E-state index < -0.39 is 17.7 Å². The van der Waals surface area contributed by atoms with Crippen molar-refractivity contribution in [2.75, 3.05) is 0 Å². The second-order valence-corrected chi connectivity index (χ2v) is 11.0. The Morgan fingerprint density at radius 2 is 1.64 bits per heavy atom. The lowest BCUT2D eigenvalue weighted by molar-refractivity contribution is -0.137. The highest BCUT2D eigenvalue weighted by Gasteiger charge is 2.52. The molecule has 4 bridgehead atoms. The van der Waals surface area contributed by atoms with Gasteiger partial charge in [-0.1, -0.05) is 30.3 Å². The smallest absolute Gasteiger partial charge is 0.416 e. The molecule has 2 N–H and O–H groups in total. The Balaban J connectivity index is 1.33. The second kappa shape index (κ2) is 9.45. The summed E-state index contributed by atoms with van der Waals surface area (Å²) in [7, 11) is 0. The number of alkyl halides is 3. The molecule has 0 heterocycles. The van der Waals surface area contributed by atoms with E-state index in [-0.39, 0.29) is 5.41 Å². The summed E-state index contributed by atoms with van der Waals surface area (Å²) in [5.74, 6) is 1.54. The van der Waals surface area contributed by atoms with Gasteiger partial charge in [-0.25, -0.2) is 4.79 Å². The highest BCUT2D eigenvalue weighted by Crippen LogP contribution is 2.61. The van der Waals surface area contributed by atoms with Crippen molar-refractivity contribution in [1.29, 1.82) is 0 Å². The molecule has 0 spiro atoms. The lowest BCUT2D eigenvalue weighted by Gasteiger charge is -2.57. The fourth-order valence-corrected chi connectivity index (χ4v) is 7.33. The number of rotatable bonds is 7. The average molecular weight is 497 g/mol. The Labute approximate surface area is 209 Å². The molecule has 0 saturated heterocycles. The summed E-state index contributed by atoms with van der Waals surface area (Å²) in [5.41, 5.74) is 2.08. The van der Waals surface area contributed by atoms with Crippen molar-refractivity contribution in [3.8, 4) is 5.75 Å². The van der Waals surface area contributed by atoms with E-state index in [1.807, 2.05) is 6.07 Å². The summed E-state index contributed by atoms with van der Waals surface area (Å²) >= 11 is 0. The molecule has 0 radical (unpaired) electrons. The minimum absolute atomic E-state index is 0.107. The van der Waals surface area contributed by atoms with Crippen LogP contribution in [0.1, 0.15) is 67.2 Å². The molecular formula is C30H31F3O3. The zero-order valence-corrected chi connectivity index (χ0v) is 20.1. The van der Waals surface area contributed by atoms with E-state index in [1.165, 1.54) is 50.7 Å². The van der Waals surface area contributed by atoms with Crippen LogP contribution in [0.3, 0.4) is 0 Å². The van der Waals surface area contributed by atoms with Crippen LogP contribution in [0, 0.1) is 17.8 Å². The molecule has 0 aromatic heterocycles. The number of aliphatic carboxylic acids is 1. The zero-order valence-electron chi connectivity index (χ0n) is 20.1. The van der Waals surface area contributed by atoms with E-state index in [9.17, 15) is 23.1 Å². The number of allylic oxidation sites excluding steroid dienone is 3. The Hall–Kier alpha value is -3.02. The van der Waals surface area contributed by atoms with Crippen LogP contribution in [-0.4, -0.2) is 16.2 Å². The lowest BCUT2D eigenvalue weighted by Crippen LogP contribution is -2.48. The molecule has 36 heavy (non-hydrogen) atoms. The number of aryl methyl sites for hydroxylation is 1. The Morgan fingerprint density at radius 3 is 2.22 bits per heavy atom. The van der Waals surface area contributed by atoms with Gasteiger partial charge in [0.25, 0.3) is 0 Å². The first-order chi connectivity index (χ1) is 17.1. The third kappa shape index (κ3) is 5.09. The standard InChI is InChI=1S/C30H31F3O3/c31-30(32,33)25-6-2-5-24(15-25)23(8-10-28(35)36)4-1-3-19-7-9-26(27(34)14-19)29-16-20-11-21(17-29)13-22(12-20)18-29/h2,4-10,14-15,20-22,34H,1,3,11-13,16-18H2,(H,35,36)/b10-8-,23-4-. The Kier molecular flexibility index (Phi) is 6.48. The Bertz CT molecular complexity index is 1170. The molecule has 4 aliphatic carbocycles. The number of carboxylic acids is 1. The van der Waals surface area contributed by atoms with Crippen molar-refractivity contribution in [3.63, 3.8) is 0 Å². The lowest BCUT2D eigenvalue weighted by atomic mass is 9.48. The van der Waals surface area contributed by atoms with Gasteiger partial charge in [-0.3, -0.25) is 0 Å². The molecule has 3 nitrogen and oxygen atoms in total. The number of carboxylic acid groups (broad SMARTS) is 1. The van der Waals surface area contributed by atoms with E-state index in [4.69, 9.17) is 5.11 Å². The van der Waals surface area contributed by atoms with E-state index >= 15 is 0 Å². The van der Waals surface area contributed by atoms with Crippen molar-refractivity contribution < 1.29 is 28.2 Å². The van der Waals surface area contributed by atoms with Crippen molar-refractivity contribution in [1.82, 2.24) is 0 Å². The van der Waals surface area contributed by atoms with Gasteiger partial charge in [0, 0.05) is 11.6 Å². The number of benzene rings is 2. The largest absolute Gasteiger partial charge is 0.508 e. The first-order valence-electron chi connectivity index (χ1n) is 12.7. The SMILES string of the molecule is O=C(O)/C=C\C(=C\CCc1ccc(C23CC4CC(CC(C4)C2)C3)c(O)c1)c1cccc(C(F)(F)F)c1. The van der Waals surface area contributed by atoms with Gasteiger partial charge in [-0.15, -0.1) is 0 Å². The molecule has 2 aromatic rings. The summed E-state index contributed by atoms with van der Waals surface area (Å²) < 4.78 is 39.5. The van der Waals surface area contributed by atoms with Crippen LogP contribution in [0.15, 0.2) is 60.7 Å². The van der Waals surface area contributed by atoms with E-state index in [1.54, 1.807) is 12.1 Å². The summed E-state index contributed by atoms with van der Waals surface area (Å²) in [6.07, 6.45) is 8.14. The summed E-state index contributed by atoms with van der Waals surface area (Å²) in [6, 6.07) is 10.9. The molecule has 2 aromatic carbocycles. The van der Waals surface area contributed by atoms with Crippen molar-refractivity contribution in [3.05, 3.63) is 82.9 Å². The topological polar surface area (TPSA) is 57.5 Å². The van der Waals surface area contributed by atoms with Crippen LogP contribution < -0.4 is 0 Å². The van der Waals surface area contributed by atoms with Crippen molar-refractivity contribution >= 4 is 11.5 Å². The monoisotopic (exact) mass is 496 g/mol. The zero-order chi connectivity index (χ0) is 25.5. The highest BCUT2D eigenvalue weighted by atomic mass is 19.4. The highest BCUT2D eigenvalue weighted by molar-refractivity contribution is 5.85.